The van der Waals surface area contributed by atoms with E-state index in [4.69, 9.17) is 5.11 Å². The van der Waals surface area contributed by atoms with Crippen molar-refractivity contribution in [2.75, 3.05) is 25.0 Å². The molecular weight excluding hydrogens is 308 g/mol. The van der Waals surface area contributed by atoms with E-state index >= 15 is 0 Å². The Balaban J connectivity index is 2.31. The van der Waals surface area contributed by atoms with Gasteiger partial charge in [-0.1, -0.05) is 6.07 Å². The number of rotatable bonds is 5. The summed E-state index contributed by atoms with van der Waals surface area (Å²) < 4.78 is 25.9. The highest BCUT2D eigenvalue weighted by Crippen LogP contribution is 2.31. The topological polar surface area (TPSA) is 95.0 Å². The highest BCUT2D eigenvalue weighted by atomic mass is 32.2. The number of sulfonamides is 1. The van der Waals surface area contributed by atoms with Crippen LogP contribution in [0.15, 0.2) is 23.1 Å². The Bertz CT molecular complexity index is 714. The Morgan fingerprint density at radius 1 is 1.36 bits per heavy atom. The summed E-state index contributed by atoms with van der Waals surface area (Å²) in [6, 6.07) is 4.68. The highest BCUT2D eigenvalue weighted by Gasteiger charge is 2.27. The Morgan fingerprint density at radius 2 is 2.05 bits per heavy atom. The van der Waals surface area contributed by atoms with Crippen LogP contribution in [0, 0.1) is 0 Å². The van der Waals surface area contributed by atoms with E-state index in [-0.39, 0.29) is 23.8 Å². The fourth-order valence-electron chi connectivity index (χ4n) is 2.40. The van der Waals surface area contributed by atoms with Crippen molar-refractivity contribution in [3.05, 3.63) is 23.8 Å². The Labute approximate surface area is 129 Å². The molecule has 1 aliphatic heterocycles. The quantitative estimate of drug-likeness (QED) is 0.859. The second kappa shape index (κ2) is 6.05. The van der Waals surface area contributed by atoms with Crippen molar-refractivity contribution in [2.45, 2.75) is 24.7 Å². The van der Waals surface area contributed by atoms with Gasteiger partial charge in [-0.25, -0.2) is 12.7 Å². The molecule has 2 rings (SSSR count). The molecule has 0 bridgehead atoms. The predicted molar refractivity (Wildman–Crippen MR) is 80.2 cm³/mol. The average molecular weight is 326 g/mol. The molecule has 0 fully saturated rings. The molecule has 0 aliphatic carbocycles. The normalized spacial score (nSPS) is 14.2. The van der Waals surface area contributed by atoms with Gasteiger partial charge in [-0.2, -0.15) is 0 Å². The molecule has 1 aromatic rings. The van der Waals surface area contributed by atoms with Gasteiger partial charge >= 0.3 is 5.97 Å². The molecule has 1 aromatic carbocycles. The minimum absolute atomic E-state index is 0.0623. The number of amides is 1. The number of benzene rings is 1. The van der Waals surface area contributed by atoms with Crippen LogP contribution in [0.4, 0.5) is 5.69 Å². The summed E-state index contributed by atoms with van der Waals surface area (Å²) in [5.41, 5.74) is 1.54. The first-order valence-corrected chi connectivity index (χ1v) is 8.26. The lowest BCUT2D eigenvalue weighted by molar-refractivity contribution is -0.137. The standard InChI is InChI=1S/C14H18N2O5S/c1-10(17)16-8-5-11-3-4-12(9-13(11)16)22(20,21)15(2)7-6-14(18)19/h3-4,9H,5-8H2,1-2H3,(H,18,19). The maximum Gasteiger partial charge on any atom is 0.304 e. The number of carboxylic acid groups (broad SMARTS) is 1. The Morgan fingerprint density at radius 3 is 2.64 bits per heavy atom. The van der Waals surface area contributed by atoms with Crippen LogP contribution < -0.4 is 4.90 Å². The molecule has 0 saturated carbocycles. The fourth-order valence-corrected chi connectivity index (χ4v) is 3.59. The van der Waals surface area contributed by atoms with E-state index < -0.39 is 16.0 Å². The first-order valence-electron chi connectivity index (χ1n) is 6.82. The molecule has 0 radical (unpaired) electrons. The second-order valence-corrected chi connectivity index (χ2v) is 7.23. The lowest BCUT2D eigenvalue weighted by Gasteiger charge is -2.19. The molecule has 0 unspecified atom stereocenters. The summed E-state index contributed by atoms with van der Waals surface area (Å²) in [5, 5.41) is 8.66. The van der Waals surface area contributed by atoms with Crippen LogP contribution in [-0.2, 0) is 26.0 Å². The fraction of sp³-hybridized carbons (Fsp3) is 0.429. The van der Waals surface area contributed by atoms with Gasteiger partial charge in [0.1, 0.15) is 0 Å². The smallest absolute Gasteiger partial charge is 0.304 e. The van der Waals surface area contributed by atoms with Crippen LogP contribution in [-0.4, -0.2) is 49.8 Å². The van der Waals surface area contributed by atoms with Crippen LogP contribution >= 0.6 is 0 Å². The molecule has 1 aliphatic rings. The highest BCUT2D eigenvalue weighted by molar-refractivity contribution is 7.89. The molecule has 22 heavy (non-hydrogen) atoms. The minimum Gasteiger partial charge on any atom is -0.481 e. The molecule has 7 nitrogen and oxygen atoms in total. The third-order valence-electron chi connectivity index (χ3n) is 3.68. The first-order chi connectivity index (χ1) is 10.2. The number of carbonyl (C=O) groups is 2. The van der Waals surface area contributed by atoms with Gasteiger partial charge in [0.25, 0.3) is 0 Å². The van der Waals surface area contributed by atoms with Gasteiger partial charge in [0, 0.05) is 32.7 Å². The molecule has 0 saturated heterocycles. The lowest BCUT2D eigenvalue weighted by Crippen LogP contribution is -2.30. The molecule has 1 amide bonds. The van der Waals surface area contributed by atoms with Crippen molar-refractivity contribution >= 4 is 27.6 Å². The zero-order valence-corrected chi connectivity index (χ0v) is 13.3. The maximum absolute atomic E-state index is 12.5. The van der Waals surface area contributed by atoms with Gasteiger partial charge < -0.3 is 10.0 Å². The van der Waals surface area contributed by atoms with Crippen molar-refractivity contribution in [3.8, 4) is 0 Å². The number of carbonyl (C=O) groups excluding carboxylic acids is 1. The number of hydrogen-bond donors (Lipinski definition) is 1. The van der Waals surface area contributed by atoms with Crippen molar-refractivity contribution in [1.29, 1.82) is 0 Å². The van der Waals surface area contributed by atoms with Crippen LogP contribution in [0.3, 0.4) is 0 Å². The van der Waals surface area contributed by atoms with Crippen LogP contribution in [0.5, 0.6) is 0 Å². The van der Waals surface area contributed by atoms with Gasteiger partial charge in [-0.3, -0.25) is 9.59 Å². The SMILES string of the molecule is CC(=O)N1CCc2ccc(S(=O)(=O)N(C)CCC(=O)O)cc21. The van der Waals surface area contributed by atoms with Crippen molar-refractivity contribution in [2.24, 2.45) is 0 Å². The molecule has 1 N–H and O–H groups in total. The summed E-state index contributed by atoms with van der Waals surface area (Å²) in [5.74, 6) is -1.19. The zero-order chi connectivity index (χ0) is 16.5. The molecule has 120 valence electrons. The molecule has 0 atom stereocenters. The van der Waals surface area contributed by atoms with Crippen LogP contribution in [0.25, 0.3) is 0 Å². The van der Waals surface area contributed by atoms with Gasteiger partial charge in [0.05, 0.1) is 11.3 Å². The lowest BCUT2D eigenvalue weighted by atomic mass is 10.2. The largest absolute Gasteiger partial charge is 0.481 e. The van der Waals surface area contributed by atoms with Gasteiger partial charge in [0.2, 0.25) is 15.9 Å². The van der Waals surface area contributed by atoms with E-state index in [0.29, 0.717) is 18.7 Å². The average Bonchev–Trinajstić information content (AvgIpc) is 2.87. The maximum atomic E-state index is 12.5. The third-order valence-corrected chi connectivity index (χ3v) is 5.53. The van der Waals surface area contributed by atoms with Crippen molar-refractivity contribution in [1.82, 2.24) is 4.31 Å². The zero-order valence-electron chi connectivity index (χ0n) is 12.4. The second-order valence-electron chi connectivity index (χ2n) is 5.18. The molecule has 8 heteroatoms. The van der Waals surface area contributed by atoms with E-state index in [2.05, 4.69) is 0 Å². The number of fused-ring (bicyclic) bond motifs is 1. The summed E-state index contributed by atoms with van der Waals surface area (Å²) >= 11 is 0. The van der Waals surface area contributed by atoms with E-state index in [0.717, 1.165) is 9.87 Å². The molecule has 0 aromatic heterocycles. The molecule has 1 heterocycles. The van der Waals surface area contributed by atoms with E-state index in [1.165, 1.54) is 26.1 Å². The van der Waals surface area contributed by atoms with Crippen LogP contribution in [0.1, 0.15) is 18.9 Å². The van der Waals surface area contributed by atoms with Gasteiger partial charge in [-0.05, 0) is 24.1 Å². The third kappa shape index (κ3) is 3.12. The number of anilines is 1. The molecule has 0 spiro atoms. The number of hydrogen-bond acceptors (Lipinski definition) is 4. The van der Waals surface area contributed by atoms with E-state index in [1.807, 2.05) is 0 Å². The summed E-state index contributed by atoms with van der Waals surface area (Å²) in [6.45, 7) is 1.88. The summed E-state index contributed by atoms with van der Waals surface area (Å²) in [6.07, 6.45) is 0.435. The van der Waals surface area contributed by atoms with Crippen LogP contribution in [0.2, 0.25) is 0 Å². The first kappa shape index (κ1) is 16.4. The monoisotopic (exact) mass is 326 g/mol. The van der Waals surface area contributed by atoms with Crippen molar-refractivity contribution in [3.63, 3.8) is 0 Å². The number of aliphatic carboxylic acids is 1. The predicted octanol–water partition coefficient (Wildman–Crippen LogP) is 0.691. The van der Waals surface area contributed by atoms with E-state index in [9.17, 15) is 18.0 Å². The van der Waals surface area contributed by atoms with Crippen molar-refractivity contribution < 1.29 is 23.1 Å². The summed E-state index contributed by atoms with van der Waals surface area (Å²) in [4.78, 5) is 23.8. The van der Waals surface area contributed by atoms with Gasteiger partial charge in [0.15, 0.2) is 0 Å². The van der Waals surface area contributed by atoms with Gasteiger partial charge in [-0.15, -0.1) is 0 Å². The molecular formula is C14H18N2O5S. The van der Waals surface area contributed by atoms with E-state index in [1.54, 1.807) is 11.0 Å². The Kier molecular flexibility index (Phi) is 4.52. The number of carboxylic acids is 1. The number of nitrogens with zero attached hydrogens (tertiary/aromatic N) is 2. The Hall–Kier alpha value is -1.93. The minimum atomic E-state index is -3.77. The summed E-state index contributed by atoms with van der Waals surface area (Å²) in [7, 11) is -2.43.